The zero-order valence-electron chi connectivity index (χ0n) is 18.8. The molecule has 11 heteroatoms. The zero-order valence-corrected chi connectivity index (χ0v) is 18.8. The standard InChI is InChI=1S/C23H23F9O2/c1-12-6-8-14(10-16(12)18(3,4)33)20(22(27,28)29,23(30,31)32)15-9-7-13(2)17(11-15)19(5,34)21(24,25)26/h6-11,33-34H,1-5H3. The molecule has 0 aliphatic rings. The molecule has 1 unspecified atom stereocenters. The highest BCUT2D eigenvalue weighted by Crippen LogP contribution is 2.57. The number of rotatable bonds is 4. The van der Waals surface area contributed by atoms with Crippen LogP contribution in [-0.4, -0.2) is 28.7 Å². The highest BCUT2D eigenvalue weighted by molar-refractivity contribution is 5.50. The molecule has 2 aromatic rings. The predicted molar refractivity (Wildman–Crippen MR) is 106 cm³/mol. The van der Waals surface area contributed by atoms with Gasteiger partial charge in [-0.05, 0) is 68.0 Å². The molecule has 1 atom stereocenters. The van der Waals surface area contributed by atoms with E-state index in [1.54, 1.807) is 0 Å². The van der Waals surface area contributed by atoms with Crippen LogP contribution in [0.1, 0.15) is 54.2 Å². The lowest BCUT2D eigenvalue weighted by Crippen LogP contribution is -2.55. The second-order valence-corrected chi connectivity index (χ2v) is 8.93. The Balaban J connectivity index is 3.08. The zero-order chi connectivity index (χ0) is 26.7. The lowest BCUT2D eigenvalue weighted by atomic mass is 9.70. The van der Waals surface area contributed by atoms with Crippen molar-refractivity contribution in [2.45, 2.75) is 69.8 Å². The van der Waals surface area contributed by atoms with Crippen LogP contribution < -0.4 is 0 Å². The highest BCUT2D eigenvalue weighted by Gasteiger charge is 2.73. The predicted octanol–water partition coefficient (Wildman–Crippen LogP) is 6.71. The maximum Gasteiger partial charge on any atom is 0.421 e. The van der Waals surface area contributed by atoms with E-state index in [1.807, 2.05) is 0 Å². The van der Waals surface area contributed by atoms with Crippen LogP contribution in [0.2, 0.25) is 0 Å². The molecule has 190 valence electrons. The highest BCUT2D eigenvalue weighted by atomic mass is 19.4. The fourth-order valence-corrected chi connectivity index (χ4v) is 4.03. The average molecular weight is 502 g/mol. The average Bonchev–Trinajstić information content (AvgIpc) is 2.60. The molecule has 2 nitrogen and oxygen atoms in total. The number of hydrogen-bond donors (Lipinski definition) is 2. The van der Waals surface area contributed by atoms with Crippen molar-refractivity contribution in [2.24, 2.45) is 0 Å². The lowest BCUT2D eigenvalue weighted by Gasteiger charge is -2.40. The molecule has 0 aliphatic heterocycles. The molecule has 0 fully saturated rings. The van der Waals surface area contributed by atoms with Crippen molar-refractivity contribution in [1.29, 1.82) is 0 Å². The minimum Gasteiger partial charge on any atom is -0.386 e. The van der Waals surface area contributed by atoms with E-state index in [0.717, 1.165) is 13.0 Å². The molecule has 0 spiro atoms. The SMILES string of the molecule is Cc1ccc(C(c2ccc(C)c(C(C)(O)C(F)(F)F)c2)(C(F)(F)F)C(F)(F)F)cc1C(C)(C)O. The van der Waals surface area contributed by atoms with Gasteiger partial charge in [0.05, 0.1) is 5.60 Å². The van der Waals surface area contributed by atoms with E-state index in [2.05, 4.69) is 0 Å². The van der Waals surface area contributed by atoms with Crippen molar-refractivity contribution in [1.82, 2.24) is 0 Å². The first kappa shape index (κ1) is 28.0. The molecule has 0 amide bonds. The van der Waals surface area contributed by atoms with Crippen LogP contribution in [0, 0.1) is 13.8 Å². The van der Waals surface area contributed by atoms with E-state index in [1.165, 1.54) is 20.8 Å². The molecule has 0 heterocycles. The maximum atomic E-state index is 14.5. The van der Waals surface area contributed by atoms with Crippen molar-refractivity contribution < 1.29 is 49.7 Å². The van der Waals surface area contributed by atoms with E-state index in [0.29, 0.717) is 24.3 Å². The van der Waals surface area contributed by atoms with Gasteiger partial charge in [-0.2, -0.15) is 39.5 Å². The summed E-state index contributed by atoms with van der Waals surface area (Å²) in [4.78, 5) is 0. The van der Waals surface area contributed by atoms with Gasteiger partial charge in [0.15, 0.2) is 5.60 Å². The molecule has 0 saturated carbocycles. The van der Waals surface area contributed by atoms with E-state index < -0.39 is 51.8 Å². The van der Waals surface area contributed by atoms with E-state index in [9.17, 15) is 49.7 Å². The summed E-state index contributed by atoms with van der Waals surface area (Å²) in [6, 6.07) is 3.30. The first-order chi connectivity index (χ1) is 15.0. The van der Waals surface area contributed by atoms with Crippen molar-refractivity contribution in [3.05, 3.63) is 69.8 Å². The van der Waals surface area contributed by atoms with Crippen molar-refractivity contribution in [3.63, 3.8) is 0 Å². The Morgan fingerprint density at radius 2 is 0.912 bits per heavy atom. The Morgan fingerprint density at radius 1 is 0.559 bits per heavy atom. The Bertz CT molecular complexity index is 1040. The van der Waals surface area contributed by atoms with Crippen LogP contribution in [0.15, 0.2) is 36.4 Å². The van der Waals surface area contributed by atoms with Gasteiger partial charge in [-0.15, -0.1) is 0 Å². The summed E-state index contributed by atoms with van der Waals surface area (Å²) < 4.78 is 127. The number of alkyl halides is 9. The number of halogens is 9. The summed E-state index contributed by atoms with van der Waals surface area (Å²) in [6.45, 7) is 5.00. The third kappa shape index (κ3) is 4.39. The molecular weight excluding hydrogens is 479 g/mol. The van der Waals surface area contributed by atoms with Gasteiger partial charge < -0.3 is 10.2 Å². The summed E-state index contributed by atoms with van der Waals surface area (Å²) in [5.74, 6) is 0. The lowest BCUT2D eigenvalue weighted by molar-refractivity contribution is -0.288. The molecule has 0 aromatic heterocycles. The van der Waals surface area contributed by atoms with Crippen LogP contribution in [0.3, 0.4) is 0 Å². The normalized spacial score (nSPS) is 15.9. The monoisotopic (exact) mass is 502 g/mol. The second kappa shape index (κ2) is 8.15. The molecule has 0 aliphatic carbocycles. The van der Waals surface area contributed by atoms with Crippen LogP contribution in [0.5, 0.6) is 0 Å². The third-order valence-corrected chi connectivity index (χ3v) is 5.93. The molecule has 2 aromatic carbocycles. The number of hydrogen-bond acceptors (Lipinski definition) is 2. The fourth-order valence-electron chi connectivity index (χ4n) is 4.03. The quantitative estimate of drug-likeness (QED) is 0.457. The maximum absolute atomic E-state index is 14.5. The number of aryl methyl sites for hydroxylation is 2. The summed E-state index contributed by atoms with van der Waals surface area (Å²) in [6.07, 6.45) is -17.5. The van der Waals surface area contributed by atoms with Gasteiger partial charge in [0.2, 0.25) is 5.41 Å². The molecule has 2 N–H and O–H groups in total. The van der Waals surface area contributed by atoms with Crippen LogP contribution in [-0.2, 0) is 16.6 Å². The summed E-state index contributed by atoms with van der Waals surface area (Å²) >= 11 is 0. The summed E-state index contributed by atoms with van der Waals surface area (Å²) in [7, 11) is 0. The van der Waals surface area contributed by atoms with E-state index in [-0.39, 0.29) is 29.7 Å². The minimum atomic E-state index is -6.06. The van der Waals surface area contributed by atoms with E-state index in [4.69, 9.17) is 0 Å². The van der Waals surface area contributed by atoms with Gasteiger partial charge in [0.1, 0.15) is 0 Å². The topological polar surface area (TPSA) is 40.5 Å². The Labute approximate surface area is 190 Å². The first-order valence-electron chi connectivity index (χ1n) is 9.87. The van der Waals surface area contributed by atoms with Crippen LogP contribution >= 0.6 is 0 Å². The Kier molecular flexibility index (Phi) is 6.70. The molecule has 0 bridgehead atoms. The van der Waals surface area contributed by atoms with Crippen molar-refractivity contribution in [3.8, 4) is 0 Å². The van der Waals surface area contributed by atoms with Crippen LogP contribution in [0.25, 0.3) is 0 Å². The van der Waals surface area contributed by atoms with Crippen molar-refractivity contribution >= 4 is 0 Å². The molecule has 0 saturated heterocycles. The molecule has 34 heavy (non-hydrogen) atoms. The third-order valence-electron chi connectivity index (χ3n) is 5.93. The van der Waals surface area contributed by atoms with Gasteiger partial charge >= 0.3 is 18.5 Å². The first-order valence-corrected chi connectivity index (χ1v) is 9.87. The molecule has 0 radical (unpaired) electrons. The van der Waals surface area contributed by atoms with Gasteiger partial charge in [-0.1, -0.05) is 36.4 Å². The van der Waals surface area contributed by atoms with Crippen LogP contribution in [0.4, 0.5) is 39.5 Å². The number of benzene rings is 2. The van der Waals surface area contributed by atoms with Gasteiger partial charge in [0.25, 0.3) is 0 Å². The van der Waals surface area contributed by atoms with Gasteiger partial charge in [-0.3, -0.25) is 0 Å². The summed E-state index contributed by atoms with van der Waals surface area (Å²) in [5, 5.41) is 20.3. The summed E-state index contributed by atoms with van der Waals surface area (Å²) in [5.41, 5.74) is -14.7. The Hall–Kier alpha value is -2.27. The second-order valence-electron chi connectivity index (χ2n) is 8.93. The van der Waals surface area contributed by atoms with E-state index >= 15 is 0 Å². The molecule has 2 rings (SSSR count). The largest absolute Gasteiger partial charge is 0.421 e. The Morgan fingerprint density at radius 3 is 1.24 bits per heavy atom. The minimum absolute atomic E-state index is 0.0907. The van der Waals surface area contributed by atoms with Gasteiger partial charge in [-0.25, -0.2) is 0 Å². The smallest absolute Gasteiger partial charge is 0.386 e. The number of aliphatic hydroxyl groups is 2. The van der Waals surface area contributed by atoms with Gasteiger partial charge in [0, 0.05) is 0 Å². The fraction of sp³-hybridized carbons (Fsp3) is 0.478. The van der Waals surface area contributed by atoms with Crippen molar-refractivity contribution in [2.75, 3.05) is 0 Å². The molecular formula is C23H23F9O2.